The minimum atomic E-state index is -0.541. The van der Waals surface area contributed by atoms with Crippen LogP contribution in [-0.4, -0.2) is 17.5 Å². The molecule has 0 unspecified atom stereocenters. The molecule has 0 heterocycles. The van der Waals surface area contributed by atoms with E-state index < -0.39 is 10.9 Å². The molecule has 0 N–H and O–H groups in total. The van der Waals surface area contributed by atoms with Crippen molar-refractivity contribution in [3.8, 4) is 0 Å². The molecule has 0 aliphatic heterocycles. The van der Waals surface area contributed by atoms with Crippen LogP contribution >= 0.6 is 0 Å². The van der Waals surface area contributed by atoms with Gasteiger partial charge >= 0.3 is 5.97 Å². The van der Waals surface area contributed by atoms with Crippen molar-refractivity contribution >= 4 is 5.97 Å². The van der Waals surface area contributed by atoms with Gasteiger partial charge in [-0.15, -0.1) is 0 Å². The second-order valence-electron chi connectivity index (χ2n) is 2.65. The second kappa shape index (κ2) is 6.53. The van der Waals surface area contributed by atoms with Gasteiger partial charge < -0.3 is 4.74 Å². The smallest absolute Gasteiger partial charge is 0.302 e. The van der Waals surface area contributed by atoms with E-state index in [4.69, 9.17) is 0 Å². The fourth-order valence-corrected chi connectivity index (χ4v) is 0.860. The van der Waals surface area contributed by atoms with Crippen molar-refractivity contribution in [3.63, 3.8) is 0 Å². The largest absolute Gasteiger partial charge is 0.461 e. The third kappa shape index (κ3) is 4.75. The first kappa shape index (κ1) is 13.1. The lowest BCUT2D eigenvalue weighted by Crippen LogP contribution is -2.07. The quantitative estimate of drug-likeness (QED) is 0.301. The fraction of sp³-hybridized carbons (Fsp3) is 0.300. The molecular weight excluding hydrogens is 198 g/mol. The van der Waals surface area contributed by atoms with Crippen LogP contribution in [0.3, 0.4) is 0 Å². The van der Waals surface area contributed by atoms with Crippen LogP contribution in [0.25, 0.3) is 0 Å². The highest BCUT2D eigenvalue weighted by Crippen LogP contribution is 2.09. The van der Waals surface area contributed by atoms with Gasteiger partial charge in [0.25, 0.3) is 5.70 Å². The standard InChI is InChI=1S/C10H13NO4/c1-4-6-10(11(13)14)9(5-2)7-15-8(3)12/h4-6H,2,7H2,1,3H3/b6-4-,10-9-. The summed E-state index contributed by atoms with van der Waals surface area (Å²) in [6, 6.07) is 0. The van der Waals surface area contributed by atoms with Gasteiger partial charge in [0.15, 0.2) is 0 Å². The van der Waals surface area contributed by atoms with Crippen molar-refractivity contribution in [2.75, 3.05) is 6.61 Å². The molecule has 0 radical (unpaired) electrons. The first-order valence-electron chi connectivity index (χ1n) is 4.29. The number of hydrogen-bond donors (Lipinski definition) is 0. The molecule has 0 atom stereocenters. The molecule has 5 nitrogen and oxygen atoms in total. The van der Waals surface area contributed by atoms with Gasteiger partial charge in [0.05, 0.1) is 10.5 Å². The lowest BCUT2D eigenvalue weighted by Gasteiger charge is -2.02. The van der Waals surface area contributed by atoms with E-state index in [1.165, 1.54) is 25.2 Å². The molecule has 0 aromatic carbocycles. The number of allylic oxidation sites excluding steroid dienone is 2. The summed E-state index contributed by atoms with van der Waals surface area (Å²) in [5.74, 6) is -0.488. The highest BCUT2D eigenvalue weighted by molar-refractivity contribution is 5.66. The van der Waals surface area contributed by atoms with Crippen LogP contribution < -0.4 is 0 Å². The fourth-order valence-electron chi connectivity index (χ4n) is 0.860. The first-order chi connectivity index (χ1) is 7.02. The Bertz CT molecular complexity index is 328. The average Bonchev–Trinajstić information content (AvgIpc) is 2.16. The van der Waals surface area contributed by atoms with E-state index in [-0.39, 0.29) is 17.9 Å². The van der Waals surface area contributed by atoms with Gasteiger partial charge in [0, 0.05) is 13.0 Å². The van der Waals surface area contributed by atoms with Crippen LogP contribution in [0.5, 0.6) is 0 Å². The second-order valence-corrected chi connectivity index (χ2v) is 2.65. The number of carbonyl (C=O) groups excluding carboxylic acids is 1. The highest BCUT2D eigenvalue weighted by Gasteiger charge is 2.13. The summed E-state index contributed by atoms with van der Waals surface area (Å²) >= 11 is 0. The molecule has 0 fully saturated rings. The monoisotopic (exact) mass is 211 g/mol. The highest BCUT2D eigenvalue weighted by atomic mass is 16.6. The Balaban J connectivity index is 4.96. The Morgan fingerprint density at radius 3 is 2.53 bits per heavy atom. The Kier molecular flexibility index (Phi) is 5.70. The van der Waals surface area contributed by atoms with Crippen LogP contribution in [-0.2, 0) is 9.53 Å². The van der Waals surface area contributed by atoms with Crippen molar-refractivity contribution < 1.29 is 14.5 Å². The molecule has 0 saturated heterocycles. The maximum atomic E-state index is 10.6. The molecule has 5 heteroatoms. The van der Waals surface area contributed by atoms with Crippen molar-refractivity contribution in [3.05, 3.63) is 46.2 Å². The Morgan fingerprint density at radius 2 is 2.20 bits per heavy atom. The van der Waals surface area contributed by atoms with Gasteiger partial charge in [-0.2, -0.15) is 0 Å². The topological polar surface area (TPSA) is 69.4 Å². The number of ether oxygens (including phenoxy) is 1. The third-order valence-electron chi connectivity index (χ3n) is 1.53. The number of carbonyl (C=O) groups is 1. The van der Waals surface area contributed by atoms with Gasteiger partial charge in [0.2, 0.25) is 0 Å². The summed E-state index contributed by atoms with van der Waals surface area (Å²) < 4.78 is 4.67. The summed E-state index contributed by atoms with van der Waals surface area (Å²) in [7, 11) is 0. The predicted octanol–water partition coefficient (Wildman–Crippen LogP) is 1.84. The van der Waals surface area contributed by atoms with E-state index in [1.807, 2.05) is 0 Å². The summed E-state index contributed by atoms with van der Waals surface area (Å²) in [5.41, 5.74) is 0.155. The Labute approximate surface area is 87.9 Å². The predicted molar refractivity (Wildman–Crippen MR) is 55.7 cm³/mol. The van der Waals surface area contributed by atoms with E-state index in [2.05, 4.69) is 11.3 Å². The van der Waals surface area contributed by atoms with E-state index in [0.29, 0.717) is 0 Å². The van der Waals surface area contributed by atoms with Gasteiger partial charge in [-0.1, -0.05) is 18.7 Å². The molecule has 0 aliphatic carbocycles. The molecule has 0 aromatic heterocycles. The lowest BCUT2D eigenvalue weighted by molar-refractivity contribution is -0.420. The molecule has 82 valence electrons. The summed E-state index contributed by atoms with van der Waals surface area (Å²) in [5, 5.41) is 10.6. The minimum absolute atomic E-state index is 0.117. The first-order valence-corrected chi connectivity index (χ1v) is 4.29. The lowest BCUT2D eigenvalue weighted by atomic mass is 10.2. The number of nitrogens with zero attached hydrogens (tertiary/aromatic N) is 1. The van der Waals surface area contributed by atoms with Gasteiger partial charge in [-0.3, -0.25) is 14.9 Å². The molecule has 15 heavy (non-hydrogen) atoms. The normalized spacial score (nSPS) is 12.1. The Morgan fingerprint density at radius 1 is 1.60 bits per heavy atom. The van der Waals surface area contributed by atoms with Gasteiger partial charge in [0.1, 0.15) is 6.61 Å². The number of rotatable bonds is 5. The zero-order valence-corrected chi connectivity index (χ0v) is 8.73. The molecular formula is C10H13NO4. The van der Waals surface area contributed by atoms with Gasteiger partial charge in [-0.25, -0.2) is 0 Å². The van der Waals surface area contributed by atoms with Crippen LogP contribution in [0, 0.1) is 10.1 Å². The zero-order chi connectivity index (χ0) is 11.8. The molecule has 0 saturated carbocycles. The molecule has 0 bridgehead atoms. The SMILES string of the molecule is C=C/C(COC(C)=O)=C(\C=C/C)[N+](=O)[O-]. The van der Waals surface area contributed by atoms with Crippen molar-refractivity contribution in [2.24, 2.45) is 0 Å². The van der Waals surface area contributed by atoms with Crippen LogP contribution in [0.2, 0.25) is 0 Å². The van der Waals surface area contributed by atoms with Crippen LogP contribution in [0.4, 0.5) is 0 Å². The summed E-state index contributed by atoms with van der Waals surface area (Å²) in [6.07, 6.45) is 4.18. The Hall–Kier alpha value is -1.91. The van der Waals surface area contributed by atoms with E-state index in [0.717, 1.165) is 0 Å². The van der Waals surface area contributed by atoms with Crippen molar-refractivity contribution in [2.45, 2.75) is 13.8 Å². The average molecular weight is 211 g/mol. The van der Waals surface area contributed by atoms with E-state index >= 15 is 0 Å². The van der Waals surface area contributed by atoms with Crippen LogP contribution in [0.15, 0.2) is 36.1 Å². The number of nitro groups is 1. The van der Waals surface area contributed by atoms with Crippen LogP contribution in [0.1, 0.15) is 13.8 Å². The molecule has 0 rings (SSSR count). The minimum Gasteiger partial charge on any atom is -0.461 e. The van der Waals surface area contributed by atoms with Gasteiger partial charge in [-0.05, 0) is 6.92 Å². The van der Waals surface area contributed by atoms with Crippen molar-refractivity contribution in [1.29, 1.82) is 0 Å². The third-order valence-corrected chi connectivity index (χ3v) is 1.53. The zero-order valence-electron chi connectivity index (χ0n) is 8.73. The number of hydrogen-bond acceptors (Lipinski definition) is 4. The number of esters is 1. The van der Waals surface area contributed by atoms with Crippen molar-refractivity contribution in [1.82, 2.24) is 0 Å². The maximum Gasteiger partial charge on any atom is 0.302 e. The molecule has 0 aliphatic rings. The molecule has 0 spiro atoms. The summed E-state index contributed by atoms with van der Waals surface area (Å²) in [4.78, 5) is 20.6. The summed E-state index contributed by atoms with van der Waals surface area (Å²) in [6.45, 7) is 6.20. The molecule has 0 aromatic rings. The maximum absolute atomic E-state index is 10.6. The molecule has 0 amide bonds. The van der Waals surface area contributed by atoms with E-state index in [9.17, 15) is 14.9 Å². The van der Waals surface area contributed by atoms with E-state index in [1.54, 1.807) is 6.92 Å².